The summed E-state index contributed by atoms with van der Waals surface area (Å²) in [5.41, 5.74) is 0.808. The van der Waals surface area contributed by atoms with Gasteiger partial charge in [-0.25, -0.2) is 4.98 Å². The first-order valence-corrected chi connectivity index (χ1v) is 3.92. The topological polar surface area (TPSA) is 74.7 Å². The van der Waals surface area contributed by atoms with Crippen LogP contribution in [0.2, 0.25) is 0 Å². The van der Waals surface area contributed by atoms with Crippen molar-refractivity contribution in [2.45, 2.75) is 0 Å². The molecule has 6 nitrogen and oxygen atoms in total. The van der Waals surface area contributed by atoms with Gasteiger partial charge in [-0.15, -0.1) is 0 Å². The summed E-state index contributed by atoms with van der Waals surface area (Å²) in [6.45, 7) is 0. The molecule has 2 aromatic heterocycles. The number of nitrogens with zero attached hydrogens (tertiary/aromatic N) is 4. The average molecular weight is 194 g/mol. The Balaban J connectivity index is 2.24. The van der Waals surface area contributed by atoms with Gasteiger partial charge in [0, 0.05) is 0 Å². The zero-order valence-corrected chi connectivity index (χ0v) is 7.32. The molecule has 7 heteroatoms. The van der Waals surface area contributed by atoms with Gasteiger partial charge in [0.15, 0.2) is 0 Å². The SMILES string of the molecule is S=c1[nH]ncn1/N=C/c1cnc[nH]1. The molecule has 0 aliphatic carbocycles. The van der Waals surface area contributed by atoms with Crippen molar-refractivity contribution in [1.82, 2.24) is 24.8 Å². The van der Waals surface area contributed by atoms with E-state index in [1.807, 2.05) is 0 Å². The third-order valence-corrected chi connectivity index (χ3v) is 1.65. The summed E-state index contributed by atoms with van der Waals surface area (Å²) < 4.78 is 1.91. The highest BCUT2D eigenvalue weighted by Crippen LogP contribution is 1.88. The molecule has 2 heterocycles. The molecule has 0 saturated carbocycles. The number of H-pyrrole nitrogens is 2. The van der Waals surface area contributed by atoms with Gasteiger partial charge >= 0.3 is 0 Å². The number of nitrogens with one attached hydrogen (secondary N) is 2. The highest BCUT2D eigenvalue weighted by molar-refractivity contribution is 7.71. The maximum Gasteiger partial charge on any atom is 0.216 e. The van der Waals surface area contributed by atoms with Gasteiger partial charge in [0.2, 0.25) is 4.77 Å². The largest absolute Gasteiger partial charge is 0.344 e. The Hall–Kier alpha value is -1.76. The van der Waals surface area contributed by atoms with E-state index in [1.54, 1.807) is 18.7 Å². The summed E-state index contributed by atoms with van der Waals surface area (Å²) in [4.78, 5) is 6.72. The summed E-state index contributed by atoms with van der Waals surface area (Å²) in [5, 5.41) is 10.3. The Morgan fingerprint density at radius 1 is 1.62 bits per heavy atom. The van der Waals surface area contributed by atoms with E-state index in [0.29, 0.717) is 4.77 Å². The van der Waals surface area contributed by atoms with Crippen LogP contribution < -0.4 is 0 Å². The average Bonchev–Trinajstić information content (AvgIpc) is 2.72. The minimum absolute atomic E-state index is 0.454. The zero-order valence-electron chi connectivity index (χ0n) is 6.51. The minimum Gasteiger partial charge on any atom is -0.344 e. The van der Waals surface area contributed by atoms with Gasteiger partial charge in [-0.1, -0.05) is 0 Å². The molecule has 2 rings (SSSR count). The Morgan fingerprint density at radius 2 is 2.54 bits per heavy atom. The summed E-state index contributed by atoms with van der Waals surface area (Å²) >= 11 is 4.89. The second kappa shape index (κ2) is 3.31. The standard InChI is InChI=1S/C6H6N6S/c13-6-11-9-4-12(6)10-2-5-1-7-3-8-5/h1-4H,(H,7,8)(H,11,13)/b10-2+. The lowest BCUT2D eigenvalue weighted by Gasteiger charge is -1.86. The number of hydrogen-bond donors (Lipinski definition) is 2. The first-order valence-electron chi connectivity index (χ1n) is 3.51. The third-order valence-electron chi connectivity index (χ3n) is 1.38. The third kappa shape index (κ3) is 1.70. The molecule has 2 N–H and O–H groups in total. The summed E-state index contributed by atoms with van der Waals surface area (Å²) in [6, 6.07) is 0. The molecule has 13 heavy (non-hydrogen) atoms. The van der Waals surface area contributed by atoms with Gasteiger partial charge in [0.25, 0.3) is 0 Å². The van der Waals surface area contributed by atoms with Crippen LogP contribution in [0, 0.1) is 4.77 Å². The molecule has 0 spiro atoms. The molecule has 0 bridgehead atoms. The molecule has 0 aromatic carbocycles. The Bertz CT molecular complexity index is 449. The lowest BCUT2D eigenvalue weighted by atomic mass is 10.5. The maximum absolute atomic E-state index is 4.89. The summed E-state index contributed by atoms with van der Waals surface area (Å²) in [6.07, 6.45) is 6.34. The van der Waals surface area contributed by atoms with E-state index in [-0.39, 0.29) is 0 Å². The molecule has 2 aromatic rings. The molecular weight excluding hydrogens is 188 g/mol. The van der Waals surface area contributed by atoms with Gasteiger partial charge in [-0.3, -0.25) is 5.10 Å². The predicted molar refractivity (Wildman–Crippen MR) is 49.0 cm³/mol. The highest BCUT2D eigenvalue weighted by Gasteiger charge is 1.89. The van der Waals surface area contributed by atoms with Crippen LogP contribution in [0.1, 0.15) is 5.69 Å². The van der Waals surface area contributed by atoms with Crippen molar-refractivity contribution in [2.75, 3.05) is 0 Å². The number of hydrogen-bond acceptors (Lipinski definition) is 4. The van der Waals surface area contributed by atoms with Crippen LogP contribution in [0.3, 0.4) is 0 Å². The van der Waals surface area contributed by atoms with Gasteiger partial charge in [0.1, 0.15) is 6.33 Å². The van der Waals surface area contributed by atoms with E-state index >= 15 is 0 Å². The number of aromatic nitrogens is 5. The smallest absolute Gasteiger partial charge is 0.216 e. The maximum atomic E-state index is 4.89. The van der Waals surface area contributed by atoms with Gasteiger partial charge in [-0.05, 0) is 12.2 Å². The fourth-order valence-electron chi connectivity index (χ4n) is 0.786. The van der Waals surface area contributed by atoms with Crippen molar-refractivity contribution in [3.05, 3.63) is 29.3 Å². The molecule has 0 aliphatic rings. The molecule has 0 unspecified atom stereocenters. The van der Waals surface area contributed by atoms with E-state index in [4.69, 9.17) is 12.2 Å². The molecule has 0 amide bonds. The van der Waals surface area contributed by atoms with Crippen molar-refractivity contribution in [3.63, 3.8) is 0 Å². The fraction of sp³-hybridized carbons (Fsp3) is 0. The van der Waals surface area contributed by atoms with Crippen molar-refractivity contribution >= 4 is 18.4 Å². The monoisotopic (exact) mass is 194 g/mol. The van der Waals surface area contributed by atoms with Crippen molar-refractivity contribution in [2.24, 2.45) is 5.10 Å². The summed E-state index contributed by atoms with van der Waals surface area (Å²) in [7, 11) is 0. The van der Waals surface area contributed by atoms with E-state index in [0.717, 1.165) is 5.69 Å². The molecule has 0 saturated heterocycles. The predicted octanol–water partition coefficient (Wildman–Crippen LogP) is 0.546. The van der Waals surface area contributed by atoms with Gasteiger partial charge in [0.05, 0.1) is 24.4 Å². The van der Waals surface area contributed by atoms with E-state index in [1.165, 1.54) is 11.0 Å². The van der Waals surface area contributed by atoms with Crippen LogP contribution in [-0.2, 0) is 0 Å². The van der Waals surface area contributed by atoms with E-state index in [9.17, 15) is 0 Å². The second-order valence-electron chi connectivity index (χ2n) is 2.26. The first kappa shape index (κ1) is 7.87. The highest BCUT2D eigenvalue weighted by atomic mass is 32.1. The number of rotatable bonds is 2. The molecule has 0 atom stereocenters. The van der Waals surface area contributed by atoms with Crippen molar-refractivity contribution < 1.29 is 0 Å². The van der Waals surface area contributed by atoms with Gasteiger partial charge in [-0.2, -0.15) is 14.9 Å². The first-order chi connectivity index (χ1) is 6.36. The number of imidazole rings is 1. The Morgan fingerprint density at radius 3 is 3.15 bits per heavy atom. The molecular formula is C6H6N6S. The van der Waals surface area contributed by atoms with Crippen molar-refractivity contribution in [1.29, 1.82) is 0 Å². The van der Waals surface area contributed by atoms with Gasteiger partial charge < -0.3 is 4.98 Å². The summed E-state index contributed by atoms with van der Waals surface area (Å²) in [5.74, 6) is 0. The van der Waals surface area contributed by atoms with Crippen molar-refractivity contribution in [3.8, 4) is 0 Å². The normalized spacial score (nSPS) is 11.1. The van der Waals surface area contributed by atoms with Crippen LogP contribution in [0.25, 0.3) is 0 Å². The zero-order chi connectivity index (χ0) is 9.10. The lowest BCUT2D eigenvalue weighted by molar-refractivity contribution is 0.862. The van der Waals surface area contributed by atoms with Crippen LogP contribution in [0.15, 0.2) is 24.0 Å². The quantitative estimate of drug-likeness (QED) is 0.541. The fourth-order valence-corrected chi connectivity index (χ4v) is 0.933. The lowest BCUT2D eigenvalue weighted by Crippen LogP contribution is -1.88. The van der Waals surface area contributed by atoms with Crippen LogP contribution in [-0.4, -0.2) is 31.1 Å². The van der Waals surface area contributed by atoms with Crippen LogP contribution in [0.5, 0.6) is 0 Å². The molecule has 0 fully saturated rings. The second-order valence-corrected chi connectivity index (χ2v) is 2.64. The van der Waals surface area contributed by atoms with Crippen LogP contribution in [0.4, 0.5) is 0 Å². The van der Waals surface area contributed by atoms with E-state index < -0.39 is 0 Å². The minimum atomic E-state index is 0.454. The Labute approximate surface area is 78.3 Å². The molecule has 0 aliphatic heterocycles. The van der Waals surface area contributed by atoms with E-state index in [2.05, 4.69) is 25.3 Å². The molecule has 0 radical (unpaired) electrons. The number of aromatic amines is 2. The van der Waals surface area contributed by atoms with Crippen LogP contribution >= 0.6 is 12.2 Å². The molecule has 66 valence electrons. The Kier molecular flexibility index (Phi) is 2.01.